The second-order valence-electron chi connectivity index (χ2n) is 3.13. The molecule has 0 aliphatic heterocycles. The zero-order valence-electron chi connectivity index (χ0n) is 8.52. The van der Waals surface area contributed by atoms with Crippen LogP contribution in [0.1, 0.15) is 29.3 Å². The van der Waals surface area contributed by atoms with Gasteiger partial charge in [-0.1, -0.05) is 6.07 Å². The molecule has 0 bridgehead atoms. The summed E-state index contributed by atoms with van der Waals surface area (Å²) in [6, 6.07) is 2.84. The molecule has 0 aliphatic rings. The number of hydrogen-bond acceptors (Lipinski definition) is 2. The van der Waals surface area contributed by atoms with Crippen LogP contribution in [0.2, 0.25) is 0 Å². The number of ketones is 1. The van der Waals surface area contributed by atoms with Crippen LogP contribution in [0.15, 0.2) is 18.2 Å². The van der Waals surface area contributed by atoms with Crippen LogP contribution >= 0.6 is 0 Å². The van der Waals surface area contributed by atoms with E-state index in [-0.39, 0.29) is 0 Å². The van der Waals surface area contributed by atoms with Gasteiger partial charge in [-0.05, 0) is 19.1 Å². The lowest BCUT2D eigenvalue weighted by Gasteiger charge is -2.15. The van der Waals surface area contributed by atoms with Crippen LogP contribution in [0, 0.1) is 0 Å². The van der Waals surface area contributed by atoms with E-state index in [9.17, 15) is 26.7 Å². The monoisotopic (exact) mass is 254 g/mol. The van der Waals surface area contributed by atoms with E-state index in [2.05, 4.69) is 4.74 Å². The summed E-state index contributed by atoms with van der Waals surface area (Å²) in [5.41, 5.74) is -1.49. The molecule has 0 N–H and O–H groups in total. The van der Waals surface area contributed by atoms with Crippen LogP contribution < -0.4 is 4.74 Å². The quantitative estimate of drug-likeness (QED) is 0.607. The molecular formula is C10H7F5O2. The second-order valence-corrected chi connectivity index (χ2v) is 3.13. The SMILES string of the molecule is CC(=O)c1cccc(C(F)F)c1OC(F)(F)F. The molecule has 94 valence electrons. The minimum atomic E-state index is -5.13. The summed E-state index contributed by atoms with van der Waals surface area (Å²) >= 11 is 0. The molecule has 0 spiro atoms. The Kier molecular flexibility index (Phi) is 3.69. The summed E-state index contributed by atoms with van der Waals surface area (Å²) in [6.07, 6.45) is -8.29. The van der Waals surface area contributed by atoms with Crippen LogP contribution in [0.4, 0.5) is 22.0 Å². The lowest BCUT2D eigenvalue weighted by molar-refractivity contribution is -0.275. The molecule has 0 fully saturated rings. The van der Waals surface area contributed by atoms with Crippen LogP contribution in [0.5, 0.6) is 5.75 Å². The molecule has 0 aliphatic carbocycles. The lowest BCUT2D eigenvalue weighted by atomic mass is 10.1. The molecule has 1 aromatic rings. The van der Waals surface area contributed by atoms with Gasteiger partial charge in [0.1, 0.15) is 5.75 Å². The number of halogens is 5. The van der Waals surface area contributed by atoms with E-state index >= 15 is 0 Å². The van der Waals surface area contributed by atoms with Gasteiger partial charge in [-0.15, -0.1) is 13.2 Å². The summed E-state index contributed by atoms with van der Waals surface area (Å²) < 4.78 is 64.6. The van der Waals surface area contributed by atoms with Gasteiger partial charge in [0.25, 0.3) is 6.43 Å². The van der Waals surface area contributed by atoms with Gasteiger partial charge in [-0.2, -0.15) is 0 Å². The Morgan fingerprint density at radius 2 is 1.88 bits per heavy atom. The Morgan fingerprint density at radius 1 is 1.29 bits per heavy atom. The van der Waals surface area contributed by atoms with Gasteiger partial charge in [-0.25, -0.2) is 8.78 Å². The highest BCUT2D eigenvalue weighted by Gasteiger charge is 2.35. The zero-order valence-corrected chi connectivity index (χ0v) is 8.52. The van der Waals surface area contributed by atoms with Gasteiger partial charge in [0.05, 0.1) is 11.1 Å². The fraction of sp³-hybridized carbons (Fsp3) is 0.300. The maximum Gasteiger partial charge on any atom is 0.573 e. The fourth-order valence-electron chi connectivity index (χ4n) is 1.23. The smallest absolute Gasteiger partial charge is 0.404 e. The fourth-order valence-corrected chi connectivity index (χ4v) is 1.23. The Morgan fingerprint density at radius 3 is 2.29 bits per heavy atom. The van der Waals surface area contributed by atoms with Crippen molar-refractivity contribution in [1.82, 2.24) is 0 Å². The molecule has 0 atom stereocenters. The summed E-state index contributed by atoms with van der Waals surface area (Å²) in [5.74, 6) is -1.92. The molecule has 17 heavy (non-hydrogen) atoms. The highest BCUT2D eigenvalue weighted by Crippen LogP contribution is 2.35. The number of Topliss-reactive ketones (excluding diaryl/α,β-unsaturated/α-hetero) is 1. The summed E-state index contributed by atoms with van der Waals surface area (Å²) in [5, 5.41) is 0. The first kappa shape index (κ1) is 13.4. The van der Waals surface area contributed by atoms with Crippen molar-refractivity contribution < 1.29 is 31.5 Å². The Labute approximate surface area is 93.0 Å². The van der Waals surface area contributed by atoms with Crippen LogP contribution in [-0.2, 0) is 0 Å². The topological polar surface area (TPSA) is 26.3 Å². The minimum absolute atomic E-state index is 0.528. The van der Waals surface area contributed by atoms with Crippen LogP contribution in [-0.4, -0.2) is 12.1 Å². The molecule has 0 amide bonds. The average Bonchev–Trinajstić information content (AvgIpc) is 2.14. The molecule has 7 heteroatoms. The van der Waals surface area contributed by atoms with E-state index in [1.54, 1.807) is 0 Å². The molecular weight excluding hydrogens is 247 g/mol. The summed E-state index contributed by atoms with van der Waals surface area (Å²) in [7, 11) is 0. The number of para-hydroxylation sites is 1. The van der Waals surface area contributed by atoms with Crippen molar-refractivity contribution in [2.24, 2.45) is 0 Å². The highest BCUT2D eigenvalue weighted by atomic mass is 19.4. The first-order chi connectivity index (χ1) is 7.72. The number of rotatable bonds is 3. The standard InChI is InChI=1S/C10H7F5O2/c1-5(16)6-3-2-4-7(9(11)12)8(6)17-10(13,14)15/h2-4,9H,1H3. The maximum absolute atomic E-state index is 12.5. The normalized spacial score (nSPS) is 11.7. The van der Waals surface area contributed by atoms with Crippen molar-refractivity contribution in [3.8, 4) is 5.75 Å². The third-order valence-electron chi connectivity index (χ3n) is 1.88. The predicted octanol–water partition coefficient (Wildman–Crippen LogP) is 3.73. The average molecular weight is 254 g/mol. The Balaban J connectivity index is 3.34. The van der Waals surface area contributed by atoms with Crippen molar-refractivity contribution >= 4 is 5.78 Å². The molecule has 0 unspecified atom stereocenters. The molecule has 1 aromatic carbocycles. The third-order valence-corrected chi connectivity index (χ3v) is 1.88. The molecule has 0 heterocycles. The van der Waals surface area contributed by atoms with Gasteiger partial charge in [0, 0.05) is 0 Å². The van der Waals surface area contributed by atoms with Crippen molar-refractivity contribution in [2.75, 3.05) is 0 Å². The molecule has 0 radical (unpaired) electrons. The maximum atomic E-state index is 12.5. The van der Waals surface area contributed by atoms with Crippen molar-refractivity contribution in [2.45, 2.75) is 19.7 Å². The number of carbonyl (C=O) groups excluding carboxylic acids is 1. The second kappa shape index (κ2) is 4.68. The highest BCUT2D eigenvalue weighted by molar-refractivity contribution is 5.97. The van der Waals surface area contributed by atoms with Gasteiger partial charge in [-0.3, -0.25) is 4.79 Å². The van der Waals surface area contributed by atoms with Gasteiger partial charge >= 0.3 is 6.36 Å². The number of hydrogen-bond donors (Lipinski definition) is 0. The Bertz CT molecular complexity index is 425. The van der Waals surface area contributed by atoms with E-state index in [0.29, 0.717) is 0 Å². The predicted molar refractivity (Wildman–Crippen MR) is 48.1 cm³/mol. The Hall–Kier alpha value is -1.66. The molecule has 0 saturated carbocycles. The van der Waals surface area contributed by atoms with E-state index < -0.39 is 35.4 Å². The van der Waals surface area contributed by atoms with E-state index in [1.807, 2.05) is 0 Å². The van der Waals surface area contributed by atoms with E-state index in [0.717, 1.165) is 25.1 Å². The van der Waals surface area contributed by atoms with Gasteiger partial charge < -0.3 is 4.74 Å². The zero-order chi connectivity index (χ0) is 13.2. The number of carbonyl (C=O) groups is 1. The van der Waals surface area contributed by atoms with Crippen molar-refractivity contribution in [3.05, 3.63) is 29.3 Å². The molecule has 0 saturated heterocycles. The molecule has 0 aromatic heterocycles. The van der Waals surface area contributed by atoms with Gasteiger partial charge in [0.15, 0.2) is 5.78 Å². The molecule has 2 nitrogen and oxygen atoms in total. The molecule has 1 rings (SSSR count). The van der Waals surface area contributed by atoms with E-state index in [1.165, 1.54) is 0 Å². The van der Waals surface area contributed by atoms with Gasteiger partial charge in [0.2, 0.25) is 0 Å². The van der Waals surface area contributed by atoms with Crippen LogP contribution in [0.3, 0.4) is 0 Å². The minimum Gasteiger partial charge on any atom is -0.404 e. The summed E-state index contributed by atoms with van der Waals surface area (Å²) in [4.78, 5) is 11.0. The first-order valence-corrected chi connectivity index (χ1v) is 4.40. The number of benzene rings is 1. The number of ether oxygens (including phenoxy) is 1. The van der Waals surface area contributed by atoms with E-state index in [4.69, 9.17) is 0 Å². The largest absolute Gasteiger partial charge is 0.573 e. The first-order valence-electron chi connectivity index (χ1n) is 4.40. The van der Waals surface area contributed by atoms with Crippen LogP contribution in [0.25, 0.3) is 0 Å². The summed E-state index contributed by atoms with van der Waals surface area (Å²) in [6.45, 7) is 0.966. The lowest BCUT2D eigenvalue weighted by Crippen LogP contribution is -2.20. The van der Waals surface area contributed by atoms with Crippen molar-refractivity contribution in [1.29, 1.82) is 0 Å². The van der Waals surface area contributed by atoms with Crippen molar-refractivity contribution in [3.63, 3.8) is 0 Å². The number of alkyl halides is 5. The third kappa shape index (κ3) is 3.40.